The number of ether oxygens (including phenoxy) is 1. The van der Waals surface area contributed by atoms with E-state index in [4.69, 9.17) is 4.74 Å². The van der Waals surface area contributed by atoms with Gasteiger partial charge in [0.15, 0.2) is 5.69 Å². The van der Waals surface area contributed by atoms with Crippen molar-refractivity contribution in [2.75, 3.05) is 6.61 Å². The van der Waals surface area contributed by atoms with Gasteiger partial charge in [-0.2, -0.15) is 5.10 Å². The first kappa shape index (κ1) is 16.4. The lowest BCUT2D eigenvalue weighted by Gasteiger charge is -2.06. The minimum atomic E-state index is -0.360. The first-order valence-corrected chi connectivity index (χ1v) is 7.41. The molecule has 0 amide bonds. The number of aryl methyl sites for hydroxylation is 1. The van der Waals surface area contributed by atoms with E-state index in [-0.39, 0.29) is 5.97 Å². The van der Waals surface area contributed by atoms with E-state index in [0.717, 1.165) is 15.9 Å². The molecule has 0 saturated carbocycles. The topological polar surface area (TPSA) is 44.1 Å². The molecule has 1 heterocycles. The molecule has 2 rings (SSSR count). The quantitative estimate of drug-likeness (QED) is 0.789. The Kier molecular flexibility index (Phi) is 6.45. The second kappa shape index (κ2) is 7.85. The highest BCUT2D eigenvalue weighted by atomic mass is 79.9. The van der Waals surface area contributed by atoms with E-state index in [0.29, 0.717) is 12.3 Å². The first-order valence-electron chi connectivity index (χ1n) is 6.61. The fraction of sp³-hybridized carbons (Fsp3) is 0.333. The number of hydrogen-bond donors (Lipinski definition) is 0. The predicted molar refractivity (Wildman–Crippen MR) is 83.3 cm³/mol. The molecular formula is C15H19BrN2O2. The SMILES string of the molecule is CC.CCOC(=O)c1cc(C)nn1-c1ccc(Br)cc1. The number of benzene rings is 1. The molecule has 2 aromatic rings. The van der Waals surface area contributed by atoms with Gasteiger partial charge in [-0.15, -0.1) is 0 Å². The molecule has 0 bridgehead atoms. The lowest BCUT2D eigenvalue weighted by molar-refractivity contribution is 0.0515. The van der Waals surface area contributed by atoms with Gasteiger partial charge in [-0.25, -0.2) is 9.48 Å². The first-order chi connectivity index (χ1) is 9.61. The zero-order valence-corrected chi connectivity index (χ0v) is 13.8. The van der Waals surface area contributed by atoms with Crippen molar-refractivity contribution in [3.8, 4) is 5.69 Å². The zero-order chi connectivity index (χ0) is 15.1. The summed E-state index contributed by atoms with van der Waals surface area (Å²) in [5, 5.41) is 4.31. The monoisotopic (exact) mass is 338 g/mol. The molecule has 20 heavy (non-hydrogen) atoms. The number of rotatable bonds is 3. The van der Waals surface area contributed by atoms with Crippen LogP contribution in [0.2, 0.25) is 0 Å². The Labute approximate surface area is 127 Å². The van der Waals surface area contributed by atoms with Gasteiger partial charge < -0.3 is 4.74 Å². The van der Waals surface area contributed by atoms with Crippen LogP contribution < -0.4 is 0 Å². The molecule has 1 aromatic carbocycles. The van der Waals surface area contributed by atoms with Gasteiger partial charge in [-0.3, -0.25) is 0 Å². The van der Waals surface area contributed by atoms with Gasteiger partial charge in [0.25, 0.3) is 0 Å². The molecule has 0 atom stereocenters. The van der Waals surface area contributed by atoms with Crippen molar-refractivity contribution >= 4 is 21.9 Å². The molecule has 0 N–H and O–H groups in total. The van der Waals surface area contributed by atoms with Crippen molar-refractivity contribution in [1.29, 1.82) is 0 Å². The highest BCUT2D eigenvalue weighted by molar-refractivity contribution is 9.10. The number of nitrogens with zero attached hydrogens (tertiary/aromatic N) is 2. The van der Waals surface area contributed by atoms with Crippen LogP contribution >= 0.6 is 15.9 Å². The Morgan fingerprint density at radius 3 is 2.45 bits per heavy atom. The lowest BCUT2D eigenvalue weighted by Crippen LogP contribution is -2.11. The van der Waals surface area contributed by atoms with Crippen LogP contribution in [0.5, 0.6) is 0 Å². The van der Waals surface area contributed by atoms with Crippen molar-refractivity contribution in [3.63, 3.8) is 0 Å². The smallest absolute Gasteiger partial charge is 0.357 e. The Hall–Kier alpha value is -1.62. The van der Waals surface area contributed by atoms with Crippen LogP contribution in [-0.4, -0.2) is 22.4 Å². The summed E-state index contributed by atoms with van der Waals surface area (Å²) < 4.78 is 7.59. The maximum Gasteiger partial charge on any atom is 0.357 e. The minimum Gasteiger partial charge on any atom is -0.461 e. The van der Waals surface area contributed by atoms with Crippen LogP contribution in [0.3, 0.4) is 0 Å². The summed E-state index contributed by atoms with van der Waals surface area (Å²) in [5.41, 5.74) is 2.05. The van der Waals surface area contributed by atoms with Gasteiger partial charge in [0.1, 0.15) is 0 Å². The van der Waals surface area contributed by atoms with Crippen LogP contribution in [0.15, 0.2) is 34.8 Å². The standard InChI is InChI=1S/C13H13BrN2O2.C2H6/c1-3-18-13(17)12-8-9(2)15-16(12)11-6-4-10(14)5-7-11;1-2/h4-8H,3H2,1-2H3;1-2H3. The van der Waals surface area contributed by atoms with Crippen LogP contribution in [0.1, 0.15) is 37.0 Å². The number of carbonyl (C=O) groups is 1. The highest BCUT2D eigenvalue weighted by Gasteiger charge is 2.16. The van der Waals surface area contributed by atoms with Crippen molar-refractivity contribution in [2.45, 2.75) is 27.7 Å². The molecule has 0 fully saturated rings. The van der Waals surface area contributed by atoms with Gasteiger partial charge in [0.2, 0.25) is 0 Å². The lowest BCUT2D eigenvalue weighted by atomic mass is 10.3. The van der Waals surface area contributed by atoms with Crippen molar-refractivity contribution in [2.24, 2.45) is 0 Å². The normalized spacial score (nSPS) is 9.65. The van der Waals surface area contributed by atoms with Gasteiger partial charge in [0, 0.05) is 4.47 Å². The minimum absolute atomic E-state index is 0.351. The second-order valence-electron chi connectivity index (χ2n) is 3.78. The molecule has 108 valence electrons. The van der Waals surface area contributed by atoms with E-state index >= 15 is 0 Å². The molecule has 0 unspecified atom stereocenters. The molecule has 1 aromatic heterocycles. The van der Waals surface area contributed by atoms with Gasteiger partial charge in [-0.1, -0.05) is 29.8 Å². The highest BCUT2D eigenvalue weighted by Crippen LogP contribution is 2.17. The van der Waals surface area contributed by atoms with Gasteiger partial charge in [-0.05, 0) is 44.2 Å². The fourth-order valence-electron chi connectivity index (χ4n) is 1.63. The molecule has 0 spiro atoms. The second-order valence-corrected chi connectivity index (χ2v) is 4.70. The fourth-order valence-corrected chi connectivity index (χ4v) is 1.89. The van der Waals surface area contributed by atoms with Crippen molar-refractivity contribution in [1.82, 2.24) is 9.78 Å². The third-order valence-corrected chi connectivity index (χ3v) is 2.92. The van der Waals surface area contributed by atoms with Crippen LogP contribution in [0.4, 0.5) is 0 Å². The molecule has 0 aliphatic rings. The summed E-state index contributed by atoms with van der Waals surface area (Å²) in [6.07, 6.45) is 0. The van der Waals surface area contributed by atoms with Crippen LogP contribution in [0, 0.1) is 6.92 Å². The number of aromatic nitrogens is 2. The molecule has 0 radical (unpaired) electrons. The number of carbonyl (C=O) groups excluding carboxylic acids is 1. The number of halogens is 1. The maximum absolute atomic E-state index is 11.8. The summed E-state index contributed by atoms with van der Waals surface area (Å²) in [6, 6.07) is 9.31. The Balaban J connectivity index is 0.000000956. The predicted octanol–water partition coefficient (Wildman–Crippen LogP) is 4.15. The Morgan fingerprint density at radius 1 is 1.30 bits per heavy atom. The number of esters is 1. The van der Waals surface area contributed by atoms with E-state index in [9.17, 15) is 4.79 Å². The average Bonchev–Trinajstić information content (AvgIpc) is 2.84. The van der Waals surface area contributed by atoms with E-state index in [2.05, 4.69) is 21.0 Å². The van der Waals surface area contributed by atoms with E-state index in [1.165, 1.54) is 0 Å². The summed E-state index contributed by atoms with van der Waals surface area (Å²) in [6.45, 7) is 7.98. The summed E-state index contributed by atoms with van der Waals surface area (Å²) >= 11 is 3.37. The van der Waals surface area contributed by atoms with E-state index in [1.54, 1.807) is 17.7 Å². The molecule has 5 heteroatoms. The van der Waals surface area contributed by atoms with Gasteiger partial charge in [0.05, 0.1) is 18.0 Å². The Bertz CT molecular complexity index is 562. The van der Waals surface area contributed by atoms with E-state index < -0.39 is 0 Å². The summed E-state index contributed by atoms with van der Waals surface area (Å²) in [5.74, 6) is -0.360. The van der Waals surface area contributed by atoms with Crippen LogP contribution in [-0.2, 0) is 4.74 Å². The Morgan fingerprint density at radius 2 is 1.90 bits per heavy atom. The van der Waals surface area contributed by atoms with Crippen LogP contribution in [0.25, 0.3) is 5.69 Å². The molecular weight excluding hydrogens is 320 g/mol. The maximum atomic E-state index is 11.8. The molecule has 0 saturated heterocycles. The average molecular weight is 339 g/mol. The van der Waals surface area contributed by atoms with E-state index in [1.807, 2.05) is 45.0 Å². The molecule has 0 aliphatic carbocycles. The number of hydrogen-bond acceptors (Lipinski definition) is 3. The zero-order valence-electron chi connectivity index (χ0n) is 12.2. The molecule has 0 aliphatic heterocycles. The summed E-state index contributed by atoms with van der Waals surface area (Å²) in [4.78, 5) is 11.8. The van der Waals surface area contributed by atoms with Crippen molar-refractivity contribution < 1.29 is 9.53 Å². The molecule has 4 nitrogen and oxygen atoms in total. The third-order valence-electron chi connectivity index (χ3n) is 2.39. The summed E-state index contributed by atoms with van der Waals surface area (Å²) in [7, 11) is 0. The van der Waals surface area contributed by atoms with Crippen molar-refractivity contribution in [3.05, 3.63) is 46.2 Å². The largest absolute Gasteiger partial charge is 0.461 e. The third kappa shape index (κ3) is 3.93. The van der Waals surface area contributed by atoms with Gasteiger partial charge >= 0.3 is 5.97 Å².